The summed E-state index contributed by atoms with van der Waals surface area (Å²) in [6, 6.07) is 8.76. The molecular weight excluding hydrogens is 542 g/mol. The third kappa shape index (κ3) is 7.36. The van der Waals surface area contributed by atoms with Gasteiger partial charge in [0.05, 0.1) is 13.1 Å². The van der Waals surface area contributed by atoms with Crippen molar-refractivity contribution in [2.24, 2.45) is 5.41 Å². The van der Waals surface area contributed by atoms with Crippen LogP contribution in [0.2, 0.25) is 0 Å². The fraction of sp³-hybridized carbons (Fsp3) is 0.576. The van der Waals surface area contributed by atoms with Crippen molar-refractivity contribution in [3.05, 3.63) is 71.8 Å². The maximum Gasteiger partial charge on any atom is 0.323 e. The summed E-state index contributed by atoms with van der Waals surface area (Å²) in [4.78, 5) is 43.6. The van der Waals surface area contributed by atoms with Gasteiger partial charge in [-0.15, -0.1) is 0 Å². The summed E-state index contributed by atoms with van der Waals surface area (Å²) in [5.74, 6) is 0.735. The number of rotatable bonds is 10. The maximum atomic E-state index is 13.4. The van der Waals surface area contributed by atoms with Crippen molar-refractivity contribution in [2.45, 2.75) is 90.0 Å². The van der Waals surface area contributed by atoms with Gasteiger partial charge in [-0.3, -0.25) is 14.5 Å². The summed E-state index contributed by atoms with van der Waals surface area (Å²) in [5, 5.41) is 9.26. The lowest BCUT2D eigenvalue weighted by Crippen LogP contribution is -2.50. The highest BCUT2D eigenvalue weighted by atomic mass is 16.4. The van der Waals surface area contributed by atoms with Crippen molar-refractivity contribution in [3.8, 4) is 0 Å². The average molecular weight is 588 g/mol. The number of H-pyrrole nitrogens is 1. The number of hydrogen-bond acceptors (Lipinski definition) is 6. The quantitative estimate of drug-likeness (QED) is 0.358. The van der Waals surface area contributed by atoms with Crippen LogP contribution in [0, 0.1) is 5.41 Å². The standard InChI is InChI=1S/C33H45N7O3/c41-31(42)25-40-21-16-36-30(40)24-37(23-29-34-14-15-35-29)22-26-6-8-27(9-7-26)32(43)39-19-12-33(13-20-39)10-17-38(18-11-33)28-4-2-1-3-5-28/h6-9,14-16,21,28H,1-5,10-13,17-20,22-25H2,(H,34,35)(H,41,42). The number of carboxylic acids is 1. The number of carbonyl (C=O) groups is 2. The Morgan fingerprint density at radius 3 is 2.30 bits per heavy atom. The average Bonchev–Trinajstić information content (AvgIpc) is 3.70. The molecule has 2 aromatic heterocycles. The van der Waals surface area contributed by atoms with Gasteiger partial charge in [-0.05, 0) is 74.7 Å². The molecule has 6 rings (SSSR count). The summed E-state index contributed by atoms with van der Waals surface area (Å²) in [7, 11) is 0. The zero-order chi connectivity index (χ0) is 29.6. The molecule has 230 valence electrons. The van der Waals surface area contributed by atoms with E-state index in [1.807, 2.05) is 24.3 Å². The molecule has 1 aromatic carbocycles. The molecule has 1 aliphatic carbocycles. The smallest absolute Gasteiger partial charge is 0.323 e. The Labute approximate surface area is 254 Å². The Kier molecular flexibility index (Phi) is 9.23. The minimum Gasteiger partial charge on any atom is -0.480 e. The lowest BCUT2D eigenvalue weighted by atomic mass is 9.70. The summed E-state index contributed by atoms with van der Waals surface area (Å²) < 4.78 is 1.65. The predicted octanol–water partition coefficient (Wildman–Crippen LogP) is 4.54. The van der Waals surface area contributed by atoms with Crippen LogP contribution in [-0.2, 0) is 31.0 Å². The Morgan fingerprint density at radius 1 is 0.907 bits per heavy atom. The Bertz CT molecular complexity index is 1330. The molecule has 10 heteroatoms. The molecule has 4 heterocycles. The second-order valence-corrected chi connectivity index (χ2v) is 12.9. The van der Waals surface area contributed by atoms with Crippen LogP contribution in [0.5, 0.6) is 0 Å². The molecule has 0 bridgehead atoms. The van der Waals surface area contributed by atoms with E-state index >= 15 is 0 Å². The number of hydrogen-bond donors (Lipinski definition) is 2. The van der Waals surface area contributed by atoms with Crippen molar-refractivity contribution < 1.29 is 14.7 Å². The van der Waals surface area contributed by atoms with Gasteiger partial charge in [-0.2, -0.15) is 0 Å². The second kappa shape index (κ2) is 13.4. The van der Waals surface area contributed by atoms with Gasteiger partial charge in [0.1, 0.15) is 18.2 Å². The first-order valence-corrected chi connectivity index (χ1v) is 16.0. The highest BCUT2D eigenvalue weighted by Gasteiger charge is 2.40. The third-order valence-corrected chi connectivity index (χ3v) is 10.1. The molecular formula is C33H45N7O3. The zero-order valence-corrected chi connectivity index (χ0v) is 25.2. The molecule has 2 N–H and O–H groups in total. The van der Waals surface area contributed by atoms with E-state index in [0.717, 1.165) is 48.9 Å². The number of imidazole rings is 2. The van der Waals surface area contributed by atoms with Crippen molar-refractivity contribution >= 4 is 11.9 Å². The van der Waals surface area contributed by atoms with E-state index in [1.165, 1.54) is 58.0 Å². The number of aliphatic carboxylic acids is 1. The maximum absolute atomic E-state index is 13.4. The van der Waals surface area contributed by atoms with Gasteiger partial charge in [0.2, 0.25) is 0 Å². The van der Waals surface area contributed by atoms with E-state index < -0.39 is 5.97 Å². The molecule has 10 nitrogen and oxygen atoms in total. The minimum atomic E-state index is -0.902. The highest BCUT2D eigenvalue weighted by Crippen LogP contribution is 2.42. The number of carbonyl (C=O) groups excluding carboxylic acids is 1. The second-order valence-electron chi connectivity index (χ2n) is 12.9. The number of carboxylic acid groups (broad SMARTS) is 1. The molecule has 3 aliphatic rings. The first-order chi connectivity index (χ1) is 21.0. The van der Waals surface area contributed by atoms with Crippen LogP contribution in [0.3, 0.4) is 0 Å². The van der Waals surface area contributed by atoms with Gasteiger partial charge in [-0.1, -0.05) is 31.4 Å². The van der Waals surface area contributed by atoms with Crippen molar-refractivity contribution in [1.82, 2.24) is 34.2 Å². The van der Waals surface area contributed by atoms with Gasteiger partial charge in [0.15, 0.2) is 0 Å². The molecule has 1 spiro atoms. The van der Waals surface area contributed by atoms with Crippen molar-refractivity contribution in [2.75, 3.05) is 26.2 Å². The van der Waals surface area contributed by atoms with E-state index in [0.29, 0.717) is 30.9 Å². The summed E-state index contributed by atoms with van der Waals surface area (Å²) in [6.45, 7) is 5.68. The summed E-state index contributed by atoms with van der Waals surface area (Å²) in [6.07, 6.45) is 18.6. The van der Waals surface area contributed by atoms with E-state index in [9.17, 15) is 14.7 Å². The Morgan fingerprint density at radius 2 is 1.63 bits per heavy atom. The Balaban J connectivity index is 1.03. The van der Waals surface area contributed by atoms with Crippen LogP contribution in [-0.4, -0.2) is 83.4 Å². The van der Waals surface area contributed by atoms with Crippen LogP contribution in [0.4, 0.5) is 0 Å². The number of nitrogens with zero attached hydrogens (tertiary/aromatic N) is 6. The van der Waals surface area contributed by atoms with Gasteiger partial charge < -0.3 is 24.5 Å². The van der Waals surface area contributed by atoms with Gasteiger partial charge in [0, 0.05) is 56.0 Å². The number of aromatic amines is 1. The molecule has 2 aliphatic heterocycles. The molecule has 3 fully saturated rings. The van der Waals surface area contributed by atoms with E-state index in [1.54, 1.807) is 29.4 Å². The number of piperidine rings is 2. The largest absolute Gasteiger partial charge is 0.480 e. The van der Waals surface area contributed by atoms with Gasteiger partial charge in [0.25, 0.3) is 5.91 Å². The monoisotopic (exact) mass is 587 g/mol. The van der Waals surface area contributed by atoms with E-state index in [4.69, 9.17) is 0 Å². The molecule has 0 atom stereocenters. The number of likely N-dealkylation sites (tertiary alicyclic amines) is 2. The first kappa shape index (κ1) is 29.6. The minimum absolute atomic E-state index is 0.128. The lowest BCUT2D eigenvalue weighted by molar-refractivity contribution is -0.137. The SMILES string of the molecule is O=C(O)Cn1ccnc1CN(Cc1ccc(C(=O)N2CCC3(CC2)CCN(C2CCCCC2)CC3)cc1)Cc1ncc[nH]1. The lowest BCUT2D eigenvalue weighted by Gasteiger charge is -2.49. The topological polar surface area (TPSA) is 111 Å². The molecule has 2 saturated heterocycles. The van der Waals surface area contributed by atoms with Crippen LogP contribution < -0.4 is 0 Å². The Hall–Kier alpha value is -3.50. The highest BCUT2D eigenvalue weighted by molar-refractivity contribution is 5.94. The predicted molar refractivity (Wildman–Crippen MR) is 163 cm³/mol. The molecule has 43 heavy (non-hydrogen) atoms. The molecule has 0 radical (unpaired) electrons. The normalized spacial score (nSPS) is 19.7. The molecule has 3 aromatic rings. The molecule has 1 saturated carbocycles. The van der Waals surface area contributed by atoms with Gasteiger partial charge >= 0.3 is 5.97 Å². The van der Waals surface area contributed by atoms with Gasteiger partial charge in [-0.25, -0.2) is 9.97 Å². The fourth-order valence-corrected chi connectivity index (χ4v) is 7.43. The van der Waals surface area contributed by atoms with Crippen molar-refractivity contribution in [1.29, 1.82) is 0 Å². The first-order valence-electron chi connectivity index (χ1n) is 16.0. The summed E-state index contributed by atoms with van der Waals surface area (Å²) >= 11 is 0. The van der Waals surface area contributed by atoms with Crippen LogP contribution >= 0.6 is 0 Å². The van der Waals surface area contributed by atoms with Crippen LogP contribution in [0.15, 0.2) is 49.1 Å². The number of nitrogens with one attached hydrogen (secondary N) is 1. The number of amides is 1. The molecule has 1 amide bonds. The summed E-state index contributed by atoms with van der Waals surface area (Å²) in [5.41, 5.74) is 2.23. The fourth-order valence-electron chi connectivity index (χ4n) is 7.43. The van der Waals surface area contributed by atoms with E-state index in [-0.39, 0.29) is 12.5 Å². The number of aromatic nitrogens is 4. The number of benzene rings is 1. The van der Waals surface area contributed by atoms with Crippen molar-refractivity contribution in [3.63, 3.8) is 0 Å². The van der Waals surface area contributed by atoms with E-state index in [2.05, 4.69) is 29.7 Å². The van der Waals surface area contributed by atoms with Crippen LogP contribution in [0.1, 0.15) is 85.4 Å². The zero-order valence-electron chi connectivity index (χ0n) is 25.2. The molecule has 0 unspecified atom stereocenters. The third-order valence-electron chi connectivity index (χ3n) is 10.1. The van der Waals surface area contributed by atoms with Crippen LogP contribution in [0.25, 0.3) is 0 Å².